The van der Waals surface area contributed by atoms with E-state index in [1.54, 1.807) is 7.05 Å². The lowest BCUT2D eigenvalue weighted by atomic mass is 9.90. The molecule has 0 heterocycles. The first kappa shape index (κ1) is 52.3. The Balaban J connectivity index is 2.11. The molecule has 1 aliphatic carbocycles. The molecule has 1 aromatic carbocycles. The van der Waals surface area contributed by atoms with E-state index in [2.05, 4.69) is 28.2 Å². The number of unbranched alkanes of at least 4 members (excludes halogenated alkanes) is 3. The average Bonchev–Trinajstić information content (AvgIpc) is 3.53. The van der Waals surface area contributed by atoms with Crippen LogP contribution in [-0.4, -0.2) is 105 Å². The number of carbonyl (C=O) groups excluding carboxylic acids is 5. The number of hydrogen-bond acceptors (Lipinski definition) is 10. The normalized spacial score (nSPS) is 16.9. The molecule has 1 aromatic rings. The smallest absolute Gasteiger partial charge is 0.243 e. The Labute approximate surface area is 360 Å². The number of primary amides is 1. The Hall–Kier alpha value is -3.79. The molecule has 0 aromatic heterocycles. The topological polar surface area (TPSA) is 233 Å². The lowest BCUT2D eigenvalue weighted by Gasteiger charge is -2.34. The molecule has 342 valence electrons. The number of likely N-dealkylation sites (N-methyl/N-ethyl adjacent to an activating group) is 1. The van der Waals surface area contributed by atoms with Gasteiger partial charge in [0.25, 0.3) is 0 Å². The van der Waals surface area contributed by atoms with Crippen LogP contribution in [0.25, 0.3) is 0 Å². The molecule has 1 fully saturated rings. The van der Waals surface area contributed by atoms with Gasteiger partial charge in [0, 0.05) is 26.2 Å². The number of carbonyl (C=O) groups is 5. The van der Waals surface area contributed by atoms with Crippen molar-refractivity contribution in [2.75, 3.05) is 39.9 Å². The maximum absolute atomic E-state index is 14.2. The van der Waals surface area contributed by atoms with Gasteiger partial charge in [0.1, 0.15) is 23.9 Å². The molecule has 10 N–H and O–H groups in total. The summed E-state index contributed by atoms with van der Waals surface area (Å²) in [7, 11) is 1.63. The summed E-state index contributed by atoms with van der Waals surface area (Å²) in [6.45, 7) is 12.0. The summed E-state index contributed by atoms with van der Waals surface area (Å²) in [6, 6.07) is 4.66. The minimum Gasteiger partial charge on any atom is -0.493 e. The number of benzene rings is 1. The molecule has 15 nitrogen and oxygen atoms in total. The zero-order valence-corrected chi connectivity index (χ0v) is 37.6. The summed E-state index contributed by atoms with van der Waals surface area (Å²) in [4.78, 5) is 68.6. The molecule has 0 bridgehead atoms. The van der Waals surface area contributed by atoms with Crippen molar-refractivity contribution < 1.29 is 33.4 Å². The number of rotatable bonds is 30. The summed E-state index contributed by atoms with van der Waals surface area (Å²) in [5.41, 5.74) is 17.9. The summed E-state index contributed by atoms with van der Waals surface area (Å²) in [5, 5.41) is 12.0. The van der Waals surface area contributed by atoms with E-state index in [1.807, 2.05) is 52.0 Å². The van der Waals surface area contributed by atoms with Crippen molar-refractivity contribution >= 4 is 29.5 Å². The molecular formula is C45H80N8O7. The van der Waals surface area contributed by atoms with Gasteiger partial charge in [-0.15, -0.1) is 0 Å². The number of nitrogens with two attached hydrogens (primary N) is 3. The van der Waals surface area contributed by atoms with Gasteiger partial charge >= 0.3 is 0 Å². The van der Waals surface area contributed by atoms with E-state index in [1.165, 1.54) is 4.90 Å². The molecule has 60 heavy (non-hydrogen) atoms. The number of ether oxygens (including phenoxy) is 2. The Morgan fingerprint density at radius 2 is 1.55 bits per heavy atom. The molecule has 0 saturated heterocycles. The van der Waals surface area contributed by atoms with Crippen molar-refractivity contribution in [3.05, 3.63) is 29.8 Å². The monoisotopic (exact) mass is 845 g/mol. The largest absolute Gasteiger partial charge is 0.493 e. The predicted octanol–water partition coefficient (Wildman–Crippen LogP) is 3.65. The van der Waals surface area contributed by atoms with E-state index in [9.17, 15) is 24.0 Å². The highest BCUT2D eigenvalue weighted by Crippen LogP contribution is 2.27. The van der Waals surface area contributed by atoms with Crippen molar-refractivity contribution in [2.45, 2.75) is 161 Å². The first-order valence-corrected chi connectivity index (χ1v) is 22.7. The van der Waals surface area contributed by atoms with E-state index >= 15 is 0 Å². The first-order chi connectivity index (χ1) is 28.8. The van der Waals surface area contributed by atoms with Crippen molar-refractivity contribution in [3.63, 3.8) is 0 Å². The second kappa shape index (κ2) is 29.5. The number of hydrogen-bond donors (Lipinski definition) is 7. The lowest BCUT2D eigenvalue weighted by molar-refractivity contribution is -0.147. The van der Waals surface area contributed by atoms with E-state index in [0.717, 1.165) is 82.7 Å². The molecule has 5 amide bonds. The van der Waals surface area contributed by atoms with Gasteiger partial charge in [0.05, 0.1) is 31.2 Å². The van der Waals surface area contributed by atoms with Gasteiger partial charge < -0.3 is 52.8 Å². The maximum atomic E-state index is 14.2. The van der Waals surface area contributed by atoms with Crippen LogP contribution < -0.4 is 43.2 Å². The Bertz CT molecular complexity index is 1430. The Kier molecular flexibility index (Phi) is 25.7. The predicted molar refractivity (Wildman–Crippen MR) is 237 cm³/mol. The molecular weight excluding hydrogens is 765 g/mol. The van der Waals surface area contributed by atoms with Crippen LogP contribution in [0.4, 0.5) is 0 Å². The van der Waals surface area contributed by atoms with E-state index < -0.39 is 53.8 Å². The fraction of sp³-hybridized carbons (Fsp3) is 0.756. The third-order valence-electron chi connectivity index (χ3n) is 11.5. The van der Waals surface area contributed by atoms with E-state index in [-0.39, 0.29) is 43.5 Å². The van der Waals surface area contributed by atoms with Gasteiger partial charge in [-0.25, -0.2) is 0 Å². The Morgan fingerprint density at radius 1 is 0.833 bits per heavy atom. The molecule has 2 rings (SSSR count). The number of amides is 5. The van der Waals surface area contributed by atoms with Crippen LogP contribution >= 0.6 is 0 Å². The maximum Gasteiger partial charge on any atom is 0.243 e. The second-order valence-electron chi connectivity index (χ2n) is 16.8. The lowest BCUT2D eigenvalue weighted by Crippen LogP contribution is -2.60. The standard InChI is InChI=1S/C45H80N8O7/c1-7-9-10-15-23-39(60-30-32(4)50-42(55)31(3)29-59-36-22-16-19-34(26-36)28-49-25-17-24-46)33(5)45(58)53(6)38(18-8-2)43(56)52-40(35-20-13-11-12-14-21-35)44(57)51-37(27-47)41(48)54/h16,19,22,26,31-33,35,37-40,49H,7-15,17-18,20-21,23-25,27-30,46-47H2,1-6H3,(H2,48,54)(H,50,55)(H,51,57)(H,52,56)/t31-,32+,33+,37-,38-,39+,40-/m0/s1. The highest BCUT2D eigenvalue weighted by atomic mass is 16.5. The molecule has 15 heteroatoms. The first-order valence-electron chi connectivity index (χ1n) is 22.7. The van der Waals surface area contributed by atoms with Crippen LogP contribution in [-0.2, 0) is 35.3 Å². The van der Waals surface area contributed by atoms with Gasteiger partial charge in [0.2, 0.25) is 29.5 Å². The van der Waals surface area contributed by atoms with Crippen LogP contribution in [0, 0.1) is 17.8 Å². The average molecular weight is 845 g/mol. The van der Waals surface area contributed by atoms with Crippen molar-refractivity contribution in [3.8, 4) is 5.75 Å². The molecule has 0 spiro atoms. The second-order valence-corrected chi connectivity index (χ2v) is 16.8. The van der Waals surface area contributed by atoms with E-state index in [0.29, 0.717) is 38.1 Å². The summed E-state index contributed by atoms with van der Waals surface area (Å²) >= 11 is 0. The van der Waals surface area contributed by atoms with Crippen LogP contribution in [0.5, 0.6) is 5.75 Å². The summed E-state index contributed by atoms with van der Waals surface area (Å²) < 4.78 is 12.4. The van der Waals surface area contributed by atoms with Crippen LogP contribution in [0.3, 0.4) is 0 Å². The zero-order chi connectivity index (χ0) is 44.5. The van der Waals surface area contributed by atoms with Crippen LogP contribution in [0.1, 0.15) is 130 Å². The minimum absolute atomic E-state index is 0.139. The highest BCUT2D eigenvalue weighted by Gasteiger charge is 2.37. The van der Waals surface area contributed by atoms with Gasteiger partial charge in [-0.3, -0.25) is 24.0 Å². The number of nitrogens with one attached hydrogen (secondary N) is 4. The molecule has 1 aliphatic rings. The summed E-state index contributed by atoms with van der Waals surface area (Å²) in [5.74, 6) is -2.53. The van der Waals surface area contributed by atoms with E-state index in [4.69, 9.17) is 26.7 Å². The van der Waals surface area contributed by atoms with Gasteiger partial charge in [-0.1, -0.05) is 97.6 Å². The van der Waals surface area contributed by atoms with Gasteiger partial charge in [-0.05, 0) is 75.7 Å². The van der Waals surface area contributed by atoms with Crippen LogP contribution in [0.15, 0.2) is 24.3 Å². The summed E-state index contributed by atoms with van der Waals surface area (Å²) in [6.07, 6.45) is 11.5. The van der Waals surface area contributed by atoms with Crippen molar-refractivity contribution in [1.82, 2.24) is 26.2 Å². The fourth-order valence-corrected chi connectivity index (χ4v) is 7.65. The molecule has 0 aliphatic heterocycles. The quantitative estimate of drug-likeness (QED) is 0.0439. The molecule has 0 radical (unpaired) electrons. The fourth-order valence-electron chi connectivity index (χ4n) is 7.65. The highest BCUT2D eigenvalue weighted by molar-refractivity contribution is 5.94. The van der Waals surface area contributed by atoms with Crippen LogP contribution in [0.2, 0.25) is 0 Å². The third kappa shape index (κ3) is 18.9. The Morgan fingerprint density at radius 3 is 2.18 bits per heavy atom. The number of nitrogens with zero attached hydrogens (tertiary/aromatic N) is 1. The molecule has 7 atom stereocenters. The van der Waals surface area contributed by atoms with Crippen molar-refractivity contribution in [1.29, 1.82) is 0 Å². The molecule has 0 unspecified atom stereocenters. The SMILES string of the molecule is CCCCCC[C@@H](OC[C@@H](C)NC(=O)[C@@H](C)COc1cccc(CNCCCN)c1)[C@@H](C)C(=O)N(C)[C@@H](CCC)C(=O)N[C@H](C(=O)N[C@@H](CN)C(N)=O)C1CCCCCC1. The van der Waals surface area contributed by atoms with Gasteiger partial charge in [0.15, 0.2) is 0 Å². The molecule has 1 saturated carbocycles. The third-order valence-corrected chi connectivity index (χ3v) is 11.5. The zero-order valence-electron chi connectivity index (χ0n) is 37.6. The van der Waals surface area contributed by atoms with Crippen molar-refractivity contribution in [2.24, 2.45) is 35.0 Å². The van der Waals surface area contributed by atoms with Gasteiger partial charge in [-0.2, -0.15) is 0 Å². The minimum atomic E-state index is -1.06.